The highest BCUT2D eigenvalue weighted by atomic mass is 32.1. The zero-order chi connectivity index (χ0) is 20.9. The molecule has 30 heavy (non-hydrogen) atoms. The smallest absolute Gasteiger partial charge is 0.257 e. The molecule has 0 aliphatic carbocycles. The van der Waals surface area contributed by atoms with E-state index in [0.717, 1.165) is 17.0 Å². The number of anilines is 1. The number of ether oxygens (including phenoxy) is 1. The molecule has 4 aromatic rings. The van der Waals surface area contributed by atoms with Crippen molar-refractivity contribution in [3.05, 3.63) is 101 Å². The Morgan fingerprint density at radius 1 is 0.833 bits per heavy atom. The first-order valence-electron chi connectivity index (χ1n) is 9.25. The second-order valence-corrected chi connectivity index (χ2v) is 7.35. The summed E-state index contributed by atoms with van der Waals surface area (Å²) in [6.45, 7) is 0. The standard InChI is InChI=1S/C24H18N2O3S/c1-29-20-13-11-16(12-14-20)21-15-30-24(25-21)26-23(28)19-9-7-18(8-10-19)22(27)17-5-3-2-4-6-17/h2-15H,1H3,(H,25,26,28). The molecule has 0 unspecified atom stereocenters. The van der Waals surface area contributed by atoms with Crippen molar-refractivity contribution in [1.29, 1.82) is 0 Å². The monoisotopic (exact) mass is 414 g/mol. The average Bonchev–Trinajstić information content (AvgIpc) is 3.27. The Morgan fingerprint density at radius 2 is 1.47 bits per heavy atom. The fourth-order valence-electron chi connectivity index (χ4n) is 2.92. The van der Waals surface area contributed by atoms with E-state index >= 15 is 0 Å². The van der Waals surface area contributed by atoms with Crippen LogP contribution in [-0.4, -0.2) is 23.8 Å². The van der Waals surface area contributed by atoms with E-state index in [2.05, 4.69) is 10.3 Å². The lowest BCUT2D eigenvalue weighted by Gasteiger charge is -2.04. The quantitative estimate of drug-likeness (QED) is 0.435. The second kappa shape index (κ2) is 8.71. The molecule has 5 nitrogen and oxygen atoms in total. The molecule has 148 valence electrons. The number of rotatable bonds is 6. The summed E-state index contributed by atoms with van der Waals surface area (Å²) in [5.74, 6) is 0.424. The number of carbonyl (C=O) groups excluding carboxylic acids is 2. The van der Waals surface area contributed by atoms with Crippen LogP contribution in [0.5, 0.6) is 5.75 Å². The van der Waals surface area contributed by atoms with Crippen LogP contribution < -0.4 is 10.1 Å². The summed E-state index contributed by atoms with van der Waals surface area (Å²) in [5.41, 5.74) is 3.33. The largest absolute Gasteiger partial charge is 0.497 e. The van der Waals surface area contributed by atoms with Gasteiger partial charge in [0.15, 0.2) is 10.9 Å². The van der Waals surface area contributed by atoms with Crippen LogP contribution in [0.15, 0.2) is 84.2 Å². The van der Waals surface area contributed by atoms with E-state index in [4.69, 9.17) is 4.74 Å². The Hall–Kier alpha value is -3.77. The number of benzene rings is 3. The minimum Gasteiger partial charge on any atom is -0.497 e. The summed E-state index contributed by atoms with van der Waals surface area (Å²) >= 11 is 1.35. The molecule has 0 aliphatic heterocycles. The van der Waals surface area contributed by atoms with Gasteiger partial charge in [0.25, 0.3) is 5.91 Å². The predicted octanol–water partition coefficient (Wildman–Crippen LogP) is 5.30. The number of methoxy groups -OCH3 is 1. The lowest BCUT2D eigenvalue weighted by Crippen LogP contribution is -2.12. The van der Waals surface area contributed by atoms with Crippen LogP contribution in [0.1, 0.15) is 26.3 Å². The van der Waals surface area contributed by atoms with E-state index in [0.29, 0.717) is 21.8 Å². The molecule has 0 spiro atoms. The Labute approximate surface area is 178 Å². The summed E-state index contributed by atoms with van der Waals surface area (Å²) in [6, 6.07) is 23.2. The van der Waals surface area contributed by atoms with Crippen LogP contribution in [0, 0.1) is 0 Å². The van der Waals surface area contributed by atoms with Gasteiger partial charge in [0.2, 0.25) is 0 Å². The van der Waals surface area contributed by atoms with Crippen molar-refractivity contribution in [1.82, 2.24) is 4.98 Å². The number of nitrogens with one attached hydrogen (secondary N) is 1. The zero-order valence-corrected chi connectivity index (χ0v) is 17.0. The molecular weight excluding hydrogens is 396 g/mol. The number of nitrogens with zero attached hydrogens (tertiary/aromatic N) is 1. The Morgan fingerprint density at radius 3 is 2.13 bits per heavy atom. The van der Waals surface area contributed by atoms with E-state index in [1.165, 1.54) is 11.3 Å². The molecule has 0 aliphatic rings. The van der Waals surface area contributed by atoms with E-state index in [9.17, 15) is 9.59 Å². The fraction of sp³-hybridized carbons (Fsp3) is 0.0417. The minimum absolute atomic E-state index is 0.0772. The van der Waals surface area contributed by atoms with Gasteiger partial charge in [0, 0.05) is 27.6 Å². The zero-order valence-electron chi connectivity index (χ0n) is 16.2. The SMILES string of the molecule is COc1ccc(-c2csc(NC(=O)c3ccc(C(=O)c4ccccc4)cc3)n2)cc1. The van der Waals surface area contributed by atoms with Crippen LogP contribution in [0.3, 0.4) is 0 Å². The topological polar surface area (TPSA) is 68.3 Å². The van der Waals surface area contributed by atoms with Gasteiger partial charge in [0.1, 0.15) is 5.75 Å². The van der Waals surface area contributed by atoms with Crippen LogP contribution in [0.2, 0.25) is 0 Å². The molecule has 0 radical (unpaired) electrons. The molecule has 1 amide bonds. The molecule has 0 bridgehead atoms. The molecule has 0 saturated carbocycles. The summed E-state index contributed by atoms with van der Waals surface area (Å²) in [5, 5.41) is 5.21. The van der Waals surface area contributed by atoms with Crippen LogP contribution in [0.4, 0.5) is 5.13 Å². The Bertz CT molecular complexity index is 1170. The molecule has 4 rings (SSSR count). The number of thiazole rings is 1. The molecule has 1 aromatic heterocycles. The van der Waals surface area contributed by atoms with Crippen LogP contribution >= 0.6 is 11.3 Å². The van der Waals surface area contributed by atoms with Crippen molar-refractivity contribution < 1.29 is 14.3 Å². The van der Waals surface area contributed by atoms with Crippen molar-refractivity contribution in [2.75, 3.05) is 12.4 Å². The summed E-state index contributed by atoms with van der Waals surface area (Å²) in [7, 11) is 1.62. The van der Waals surface area contributed by atoms with E-state index in [1.807, 2.05) is 47.8 Å². The normalized spacial score (nSPS) is 10.4. The minimum atomic E-state index is -0.274. The van der Waals surface area contributed by atoms with Gasteiger partial charge in [-0.3, -0.25) is 14.9 Å². The highest BCUT2D eigenvalue weighted by Gasteiger charge is 2.13. The Balaban J connectivity index is 1.44. The van der Waals surface area contributed by atoms with Crippen molar-refractivity contribution in [3.63, 3.8) is 0 Å². The van der Waals surface area contributed by atoms with Gasteiger partial charge in [-0.2, -0.15) is 0 Å². The highest BCUT2D eigenvalue weighted by molar-refractivity contribution is 7.14. The summed E-state index contributed by atoms with van der Waals surface area (Å²) in [4.78, 5) is 29.5. The van der Waals surface area contributed by atoms with Gasteiger partial charge >= 0.3 is 0 Å². The van der Waals surface area contributed by atoms with Crippen molar-refractivity contribution in [3.8, 4) is 17.0 Å². The van der Waals surface area contributed by atoms with Gasteiger partial charge in [-0.1, -0.05) is 42.5 Å². The second-order valence-electron chi connectivity index (χ2n) is 6.49. The van der Waals surface area contributed by atoms with E-state index in [1.54, 1.807) is 43.5 Å². The number of amides is 1. The first kappa shape index (κ1) is 19.5. The van der Waals surface area contributed by atoms with E-state index in [-0.39, 0.29) is 11.7 Å². The van der Waals surface area contributed by atoms with Gasteiger partial charge in [-0.25, -0.2) is 4.98 Å². The third-order valence-electron chi connectivity index (χ3n) is 4.56. The van der Waals surface area contributed by atoms with Crippen molar-refractivity contribution in [2.24, 2.45) is 0 Å². The van der Waals surface area contributed by atoms with Crippen molar-refractivity contribution in [2.45, 2.75) is 0 Å². The third-order valence-corrected chi connectivity index (χ3v) is 5.31. The lowest BCUT2D eigenvalue weighted by atomic mass is 10.0. The molecule has 1 heterocycles. The third kappa shape index (κ3) is 4.29. The number of hydrogen-bond acceptors (Lipinski definition) is 5. The number of carbonyl (C=O) groups is 2. The van der Waals surface area contributed by atoms with E-state index < -0.39 is 0 Å². The molecule has 0 atom stereocenters. The molecular formula is C24H18N2O3S. The van der Waals surface area contributed by atoms with Crippen LogP contribution in [-0.2, 0) is 0 Å². The first-order valence-corrected chi connectivity index (χ1v) is 10.1. The van der Waals surface area contributed by atoms with Gasteiger partial charge < -0.3 is 4.74 Å². The molecule has 0 saturated heterocycles. The Kier molecular flexibility index (Phi) is 5.68. The van der Waals surface area contributed by atoms with Gasteiger partial charge in [-0.05, 0) is 36.4 Å². The van der Waals surface area contributed by atoms with Crippen LogP contribution in [0.25, 0.3) is 11.3 Å². The fourth-order valence-corrected chi connectivity index (χ4v) is 3.64. The number of aromatic nitrogens is 1. The van der Waals surface area contributed by atoms with Crippen molar-refractivity contribution >= 4 is 28.2 Å². The van der Waals surface area contributed by atoms with Gasteiger partial charge in [0.05, 0.1) is 12.8 Å². The van der Waals surface area contributed by atoms with Gasteiger partial charge in [-0.15, -0.1) is 11.3 Å². The first-order chi connectivity index (χ1) is 14.6. The molecule has 1 N–H and O–H groups in total. The molecule has 0 fully saturated rings. The predicted molar refractivity (Wildman–Crippen MR) is 118 cm³/mol. The maximum absolute atomic E-state index is 12.5. The number of ketones is 1. The molecule has 6 heteroatoms. The maximum atomic E-state index is 12.5. The summed E-state index contributed by atoms with van der Waals surface area (Å²) < 4.78 is 5.16. The lowest BCUT2D eigenvalue weighted by molar-refractivity contribution is 0.102. The summed E-state index contributed by atoms with van der Waals surface area (Å²) in [6.07, 6.45) is 0. The maximum Gasteiger partial charge on any atom is 0.257 e. The number of hydrogen-bond donors (Lipinski definition) is 1. The molecule has 3 aromatic carbocycles. The highest BCUT2D eigenvalue weighted by Crippen LogP contribution is 2.26. The average molecular weight is 414 g/mol.